The Kier molecular flexibility index (Phi) is 7.22. The van der Waals surface area contributed by atoms with Crippen LogP contribution in [0.25, 0.3) is 6.08 Å². The minimum atomic E-state index is -0.127. The van der Waals surface area contributed by atoms with Gasteiger partial charge in [0.15, 0.2) is 0 Å². The van der Waals surface area contributed by atoms with Crippen molar-refractivity contribution in [1.82, 2.24) is 10.2 Å². The van der Waals surface area contributed by atoms with Crippen molar-refractivity contribution in [3.63, 3.8) is 0 Å². The number of rotatable bonds is 7. The summed E-state index contributed by atoms with van der Waals surface area (Å²) in [6.07, 6.45) is 3.35. The van der Waals surface area contributed by atoms with Gasteiger partial charge in [-0.25, -0.2) is 0 Å². The fraction of sp³-hybridized carbons (Fsp3) is 0.250. The Balaban J connectivity index is 2.04. The van der Waals surface area contributed by atoms with Crippen LogP contribution < -0.4 is 10.1 Å². The summed E-state index contributed by atoms with van der Waals surface area (Å²) in [5, 5.41) is 2.97. The smallest absolute Gasteiger partial charge is 0.244 e. The average Bonchev–Trinajstić information content (AvgIpc) is 2.61. The van der Waals surface area contributed by atoms with Gasteiger partial charge in [-0.3, -0.25) is 4.79 Å². The lowest BCUT2D eigenvalue weighted by atomic mass is 10.0. The normalized spacial score (nSPS) is 12.4. The van der Waals surface area contributed by atoms with Gasteiger partial charge in [0.1, 0.15) is 5.75 Å². The Bertz CT molecular complexity index is 744. The molecule has 4 nitrogen and oxygen atoms in total. The van der Waals surface area contributed by atoms with E-state index in [-0.39, 0.29) is 11.9 Å². The minimum Gasteiger partial charge on any atom is -0.496 e. The molecule has 0 heterocycles. The van der Waals surface area contributed by atoms with Crippen molar-refractivity contribution in [3.8, 4) is 5.75 Å². The second-order valence-corrected chi connectivity index (χ2v) is 6.68. The maximum absolute atomic E-state index is 12.2. The first-order chi connectivity index (χ1) is 12.0. The number of methoxy groups -OCH3 is 1. The van der Waals surface area contributed by atoms with E-state index >= 15 is 0 Å². The Labute approximate surface area is 157 Å². The SMILES string of the molecule is COc1ccccc1C(CNC(=O)/C=C/c1ccccc1Br)N(C)C. The number of para-hydroxylation sites is 1. The molecule has 0 aliphatic carbocycles. The summed E-state index contributed by atoms with van der Waals surface area (Å²) in [6, 6.07) is 15.7. The molecule has 0 aliphatic heterocycles. The number of likely N-dealkylation sites (N-methyl/N-ethyl adjacent to an activating group) is 1. The largest absolute Gasteiger partial charge is 0.496 e. The van der Waals surface area contributed by atoms with E-state index in [9.17, 15) is 4.79 Å². The van der Waals surface area contributed by atoms with Crippen LogP contribution >= 0.6 is 15.9 Å². The number of carbonyl (C=O) groups is 1. The molecule has 25 heavy (non-hydrogen) atoms. The van der Waals surface area contributed by atoms with Crippen molar-refractivity contribution in [2.24, 2.45) is 0 Å². The van der Waals surface area contributed by atoms with Crippen LogP contribution in [0, 0.1) is 0 Å². The van der Waals surface area contributed by atoms with Gasteiger partial charge in [-0.05, 0) is 37.9 Å². The molecule has 0 saturated heterocycles. The first-order valence-corrected chi connectivity index (χ1v) is 8.82. The van der Waals surface area contributed by atoms with Crippen molar-refractivity contribution in [1.29, 1.82) is 0 Å². The molecule has 0 aliphatic rings. The van der Waals surface area contributed by atoms with Gasteiger partial charge in [0, 0.05) is 22.7 Å². The molecule has 1 N–H and O–H groups in total. The number of carbonyl (C=O) groups excluding carboxylic acids is 1. The van der Waals surface area contributed by atoms with Crippen LogP contribution in [0.15, 0.2) is 59.1 Å². The monoisotopic (exact) mass is 402 g/mol. The van der Waals surface area contributed by atoms with E-state index in [0.717, 1.165) is 21.3 Å². The molecule has 2 aromatic rings. The Morgan fingerprint density at radius 1 is 1.20 bits per heavy atom. The van der Waals surface area contributed by atoms with Crippen LogP contribution in [-0.4, -0.2) is 38.6 Å². The van der Waals surface area contributed by atoms with E-state index in [1.807, 2.05) is 62.6 Å². The molecule has 0 radical (unpaired) electrons. The lowest BCUT2D eigenvalue weighted by molar-refractivity contribution is -0.116. The zero-order valence-electron chi connectivity index (χ0n) is 14.7. The number of nitrogens with one attached hydrogen (secondary N) is 1. The Morgan fingerprint density at radius 2 is 1.88 bits per heavy atom. The topological polar surface area (TPSA) is 41.6 Å². The van der Waals surface area contributed by atoms with Gasteiger partial charge in [0.05, 0.1) is 13.2 Å². The van der Waals surface area contributed by atoms with Gasteiger partial charge in [-0.1, -0.05) is 52.3 Å². The van der Waals surface area contributed by atoms with E-state index in [2.05, 4.69) is 26.1 Å². The van der Waals surface area contributed by atoms with Crippen LogP contribution in [0.5, 0.6) is 5.75 Å². The maximum Gasteiger partial charge on any atom is 0.244 e. The number of nitrogens with zero attached hydrogens (tertiary/aromatic N) is 1. The van der Waals surface area contributed by atoms with Crippen LogP contribution in [0.2, 0.25) is 0 Å². The summed E-state index contributed by atoms with van der Waals surface area (Å²) in [4.78, 5) is 14.2. The van der Waals surface area contributed by atoms with Crippen molar-refractivity contribution in [2.75, 3.05) is 27.7 Å². The van der Waals surface area contributed by atoms with E-state index in [1.165, 1.54) is 0 Å². The molecule has 5 heteroatoms. The first kappa shape index (κ1) is 19.2. The molecule has 0 saturated carbocycles. The summed E-state index contributed by atoms with van der Waals surface area (Å²) < 4.78 is 6.40. The van der Waals surface area contributed by atoms with Crippen LogP contribution in [-0.2, 0) is 4.79 Å². The lowest BCUT2D eigenvalue weighted by Gasteiger charge is -2.26. The highest BCUT2D eigenvalue weighted by molar-refractivity contribution is 9.10. The zero-order chi connectivity index (χ0) is 18.2. The summed E-state index contributed by atoms with van der Waals surface area (Å²) in [5.41, 5.74) is 2.01. The molecular weight excluding hydrogens is 380 g/mol. The summed E-state index contributed by atoms with van der Waals surface area (Å²) >= 11 is 3.47. The van der Waals surface area contributed by atoms with Gasteiger partial charge in [0.2, 0.25) is 5.91 Å². The molecule has 1 atom stereocenters. The number of amides is 1. The average molecular weight is 403 g/mol. The van der Waals surface area contributed by atoms with Crippen LogP contribution in [0.4, 0.5) is 0 Å². The van der Waals surface area contributed by atoms with Crippen molar-refractivity contribution in [2.45, 2.75) is 6.04 Å². The quantitative estimate of drug-likeness (QED) is 0.714. The van der Waals surface area contributed by atoms with E-state index in [0.29, 0.717) is 6.54 Å². The van der Waals surface area contributed by atoms with E-state index < -0.39 is 0 Å². The zero-order valence-corrected chi connectivity index (χ0v) is 16.3. The number of hydrogen-bond donors (Lipinski definition) is 1. The molecule has 2 aromatic carbocycles. The standard InChI is InChI=1S/C20H23BrN2O2/c1-23(2)18(16-9-5-7-11-19(16)25-3)14-22-20(24)13-12-15-8-4-6-10-17(15)21/h4-13,18H,14H2,1-3H3,(H,22,24)/b13-12+. The van der Waals surface area contributed by atoms with Crippen LogP contribution in [0.3, 0.4) is 0 Å². The van der Waals surface area contributed by atoms with Gasteiger partial charge in [0.25, 0.3) is 0 Å². The molecule has 132 valence electrons. The highest BCUT2D eigenvalue weighted by atomic mass is 79.9. The van der Waals surface area contributed by atoms with Gasteiger partial charge in [-0.2, -0.15) is 0 Å². The molecule has 1 unspecified atom stereocenters. The fourth-order valence-electron chi connectivity index (χ4n) is 2.54. The minimum absolute atomic E-state index is 0.0250. The number of ether oxygens (including phenoxy) is 1. The van der Waals surface area contributed by atoms with Gasteiger partial charge < -0.3 is 15.0 Å². The van der Waals surface area contributed by atoms with Gasteiger partial charge >= 0.3 is 0 Å². The van der Waals surface area contributed by atoms with Crippen LogP contribution in [0.1, 0.15) is 17.2 Å². The predicted octanol–water partition coefficient (Wildman–Crippen LogP) is 3.89. The molecular formula is C20H23BrN2O2. The lowest BCUT2D eigenvalue weighted by Crippen LogP contribution is -2.33. The molecule has 0 aromatic heterocycles. The Morgan fingerprint density at radius 3 is 2.56 bits per heavy atom. The van der Waals surface area contributed by atoms with E-state index in [4.69, 9.17) is 4.74 Å². The Hall–Kier alpha value is -2.11. The van der Waals surface area contributed by atoms with Crippen molar-refractivity contribution < 1.29 is 9.53 Å². The van der Waals surface area contributed by atoms with Crippen molar-refractivity contribution >= 4 is 27.9 Å². The molecule has 0 bridgehead atoms. The third-order valence-electron chi connectivity index (χ3n) is 3.91. The summed E-state index contributed by atoms with van der Waals surface area (Å²) in [5.74, 6) is 0.691. The van der Waals surface area contributed by atoms with E-state index in [1.54, 1.807) is 19.3 Å². The van der Waals surface area contributed by atoms with Gasteiger partial charge in [-0.15, -0.1) is 0 Å². The van der Waals surface area contributed by atoms with Crippen molar-refractivity contribution in [3.05, 3.63) is 70.2 Å². The first-order valence-electron chi connectivity index (χ1n) is 8.02. The predicted molar refractivity (Wildman–Crippen MR) is 106 cm³/mol. The third kappa shape index (κ3) is 5.44. The highest BCUT2D eigenvalue weighted by Crippen LogP contribution is 2.27. The number of halogens is 1. The third-order valence-corrected chi connectivity index (χ3v) is 4.63. The molecule has 2 rings (SSSR count). The number of hydrogen-bond acceptors (Lipinski definition) is 3. The maximum atomic E-state index is 12.2. The second kappa shape index (κ2) is 9.39. The summed E-state index contributed by atoms with van der Waals surface area (Å²) in [7, 11) is 5.63. The molecule has 1 amide bonds. The molecule has 0 fully saturated rings. The number of benzene rings is 2. The highest BCUT2D eigenvalue weighted by Gasteiger charge is 2.18. The fourth-order valence-corrected chi connectivity index (χ4v) is 2.96. The molecule has 0 spiro atoms. The summed E-state index contributed by atoms with van der Waals surface area (Å²) in [6.45, 7) is 0.493. The second-order valence-electron chi connectivity index (χ2n) is 5.82.